The summed E-state index contributed by atoms with van der Waals surface area (Å²) < 4.78 is 31.3. The van der Waals surface area contributed by atoms with Gasteiger partial charge in [-0.25, -0.2) is 4.79 Å². The normalized spacial score (nSPS) is 19.9. The Hall–Kier alpha value is -3.74. The third-order valence-corrected chi connectivity index (χ3v) is 20.4. The number of aromatic nitrogens is 2. The first-order chi connectivity index (χ1) is 25.8. The maximum atomic E-state index is 14.5. The van der Waals surface area contributed by atoms with Gasteiger partial charge in [0.15, 0.2) is 22.7 Å². The van der Waals surface area contributed by atoms with Crippen molar-refractivity contribution in [3.05, 3.63) is 83.6 Å². The minimum atomic E-state index is -2.40. The molecule has 55 heavy (non-hydrogen) atoms. The number of nitrogens with zero attached hydrogens (tertiary/aromatic N) is 3. The van der Waals surface area contributed by atoms with Gasteiger partial charge in [-0.1, -0.05) is 121 Å². The molecule has 1 unspecified atom stereocenters. The number of amides is 1. The molecule has 1 aliphatic rings. The Morgan fingerprint density at radius 1 is 0.891 bits per heavy atom. The average molecular weight is 789 g/mol. The molecule has 1 amide bonds. The Morgan fingerprint density at radius 2 is 1.49 bits per heavy atom. The van der Waals surface area contributed by atoms with Crippen molar-refractivity contribution in [3.63, 3.8) is 0 Å². The van der Waals surface area contributed by atoms with E-state index < -0.39 is 34.9 Å². The molecule has 0 spiro atoms. The summed E-state index contributed by atoms with van der Waals surface area (Å²) in [4.78, 5) is 25.3. The van der Waals surface area contributed by atoms with Gasteiger partial charge in [0.2, 0.25) is 5.88 Å². The molecule has 1 saturated heterocycles. The summed E-state index contributed by atoms with van der Waals surface area (Å²) in [5.74, 6) is 7.35. The molecule has 0 aliphatic carbocycles. The number of ether oxygens (including phenoxy) is 3. The molecule has 2 heterocycles. The van der Waals surface area contributed by atoms with Crippen LogP contribution in [0.3, 0.4) is 0 Å². The molecule has 0 bridgehead atoms. The maximum absolute atomic E-state index is 14.5. The van der Waals surface area contributed by atoms with Crippen molar-refractivity contribution in [3.8, 4) is 23.7 Å². The van der Waals surface area contributed by atoms with Gasteiger partial charge in [0.1, 0.15) is 6.61 Å². The Bertz CT molecular complexity index is 1730. The van der Waals surface area contributed by atoms with Gasteiger partial charge in [-0.05, 0) is 47.4 Å². The van der Waals surface area contributed by atoms with Crippen molar-refractivity contribution in [1.82, 2.24) is 20.2 Å². The number of likely N-dealkylation sites (tertiary alicyclic amines) is 1. The van der Waals surface area contributed by atoms with Crippen LogP contribution in [0, 0.1) is 17.8 Å². The highest BCUT2D eigenvalue weighted by Crippen LogP contribution is 2.42. The van der Waals surface area contributed by atoms with E-state index in [-0.39, 0.29) is 40.8 Å². The van der Waals surface area contributed by atoms with E-state index in [0.717, 1.165) is 11.1 Å². The summed E-state index contributed by atoms with van der Waals surface area (Å²) in [5, 5.41) is 3.53. The van der Waals surface area contributed by atoms with Crippen LogP contribution in [0.25, 0.3) is 0 Å². The summed E-state index contributed by atoms with van der Waals surface area (Å²) in [6.07, 6.45) is -0.803. The van der Waals surface area contributed by atoms with Crippen molar-refractivity contribution < 1.29 is 27.9 Å². The van der Waals surface area contributed by atoms with Crippen LogP contribution >= 0.6 is 0 Å². The first kappa shape index (κ1) is 44.0. The summed E-state index contributed by atoms with van der Waals surface area (Å²) >= 11 is 0. The zero-order valence-corrected chi connectivity index (χ0v) is 37.4. The minimum Gasteiger partial charge on any atom is -0.481 e. The molecule has 0 saturated carbocycles. The van der Waals surface area contributed by atoms with E-state index in [9.17, 15) is 4.79 Å². The van der Waals surface area contributed by atoms with Crippen LogP contribution in [0.2, 0.25) is 36.3 Å². The zero-order valence-electron chi connectivity index (χ0n) is 35.4. The molecule has 1 fully saturated rings. The van der Waals surface area contributed by atoms with E-state index in [0.29, 0.717) is 31.1 Å². The molecule has 1 aliphatic heterocycles. The fourth-order valence-electron chi connectivity index (χ4n) is 5.98. The molecule has 4 rings (SSSR count). The molecule has 1 aromatic heterocycles. The summed E-state index contributed by atoms with van der Waals surface area (Å²) in [5.41, 5.74) is 2.60. The molecule has 5 atom stereocenters. The lowest BCUT2D eigenvalue weighted by molar-refractivity contribution is -0.0209. The summed E-state index contributed by atoms with van der Waals surface area (Å²) in [6.45, 7) is 25.8. The quantitative estimate of drug-likeness (QED) is 0.134. The number of hydrogen-bond acceptors (Lipinski definition) is 9. The van der Waals surface area contributed by atoms with E-state index in [1.54, 1.807) is 13.2 Å². The van der Waals surface area contributed by atoms with E-state index in [2.05, 4.69) is 114 Å². The molecule has 1 N–H and O–H groups in total. The smallest absolute Gasteiger partial charge is 0.411 e. The Morgan fingerprint density at radius 3 is 2.05 bits per heavy atom. The van der Waals surface area contributed by atoms with E-state index in [1.165, 1.54) is 7.11 Å². The highest BCUT2D eigenvalue weighted by Gasteiger charge is 2.48. The molecule has 0 radical (unpaired) electrons. The first-order valence-electron chi connectivity index (χ1n) is 19.3. The topological polar surface area (TPSA) is 104 Å². The van der Waals surface area contributed by atoms with Crippen molar-refractivity contribution in [1.29, 1.82) is 0 Å². The predicted molar refractivity (Wildman–Crippen MR) is 224 cm³/mol. The molecule has 3 aromatic rings. The molecule has 2 aromatic carbocycles. The van der Waals surface area contributed by atoms with Gasteiger partial charge in [0.25, 0.3) is 0 Å². The van der Waals surface area contributed by atoms with Gasteiger partial charge in [-0.2, -0.15) is 9.97 Å². The van der Waals surface area contributed by atoms with Crippen LogP contribution in [0.5, 0.6) is 11.9 Å². The standard InChI is InChI=1S/C43H64N4O6Si2/c1-31-36(29-44-28-32-20-16-14-17-21-32)47(41(48)51-30-33-22-18-15-19-23-33)34(26-38(31)53-55(12,13)43(5,6)7)24-25-37(52-54(10,11)42(2,3)4)35-27-39(49-8)46-40(45-35)50-9/h14-23,27,31,34,36-38,44H,26,28-30H2,1-13H3/t31-,34+,36-,37?,38+/m1/s1. The lowest BCUT2D eigenvalue weighted by atomic mass is 9.84. The third-order valence-electron chi connectivity index (χ3n) is 11.5. The van der Waals surface area contributed by atoms with E-state index in [1.807, 2.05) is 53.4 Å². The number of piperidine rings is 1. The Balaban J connectivity index is 1.83. The first-order valence-corrected chi connectivity index (χ1v) is 25.1. The van der Waals surface area contributed by atoms with E-state index in [4.69, 9.17) is 23.1 Å². The van der Waals surface area contributed by atoms with Gasteiger partial charge in [-0.15, -0.1) is 0 Å². The predicted octanol–water partition coefficient (Wildman–Crippen LogP) is 9.16. The van der Waals surface area contributed by atoms with E-state index >= 15 is 0 Å². The van der Waals surface area contributed by atoms with Crippen molar-refractivity contribution in [2.45, 2.75) is 129 Å². The number of carbonyl (C=O) groups excluding carboxylic acids is 1. The van der Waals surface area contributed by atoms with Crippen LogP contribution in [-0.2, 0) is 26.7 Å². The van der Waals surface area contributed by atoms with Gasteiger partial charge in [0, 0.05) is 31.5 Å². The van der Waals surface area contributed by atoms with Crippen LogP contribution in [0.1, 0.15) is 77.8 Å². The highest BCUT2D eigenvalue weighted by molar-refractivity contribution is 6.74. The summed E-state index contributed by atoms with van der Waals surface area (Å²) in [6, 6.07) is 21.1. The summed E-state index contributed by atoms with van der Waals surface area (Å²) in [7, 11) is -1.55. The van der Waals surface area contributed by atoms with Crippen LogP contribution in [-0.4, -0.2) is 76.5 Å². The second-order valence-electron chi connectivity index (χ2n) is 17.5. The maximum Gasteiger partial charge on any atom is 0.411 e. The fourth-order valence-corrected chi connectivity index (χ4v) is 8.52. The zero-order chi connectivity index (χ0) is 40.6. The second-order valence-corrected chi connectivity index (χ2v) is 27.0. The average Bonchev–Trinajstić information content (AvgIpc) is 3.13. The molecular formula is C43H64N4O6Si2. The van der Waals surface area contributed by atoms with Gasteiger partial charge >= 0.3 is 12.1 Å². The largest absolute Gasteiger partial charge is 0.481 e. The van der Waals surface area contributed by atoms with Crippen molar-refractivity contribution in [2.24, 2.45) is 5.92 Å². The van der Waals surface area contributed by atoms with Crippen LogP contribution in [0.15, 0.2) is 66.7 Å². The molecule has 300 valence electrons. The number of methoxy groups -OCH3 is 2. The minimum absolute atomic E-state index is 0.00602. The van der Waals surface area contributed by atoms with Crippen molar-refractivity contribution >= 4 is 22.7 Å². The SMILES string of the molecule is COc1cc(C(C#C[C@H]2C[C@H](O[Si](C)(C)C(C)(C)C)[C@H](C)[C@@H](CNCc3ccccc3)N2C(=O)OCc2ccccc2)O[Si](C)(C)C(C)(C)C)nc(OC)n1. The molecule has 10 nitrogen and oxygen atoms in total. The number of nitrogens with one attached hydrogen (secondary N) is 1. The van der Waals surface area contributed by atoms with Gasteiger partial charge in [-0.3, -0.25) is 4.90 Å². The van der Waals surface area contributed by atoms with Crippen LogP contribution in [0.4, 0.5) is 4.79 Å². The Labute approximate surface area is 332 Å². The van der Waals surface area contributed by atoms with Crippen LogP contribution < -0.4 is 14.8 Å². The fraction of sp³-hybridized carbons (Fsp3) is 0.558. The number of rotatable bonds is 13. The molecule has 12 heteroatoms. The molecular weight excluding hydrogens is 725 g/mol. The van der Waals surface area contributed by atoms with Gasteiger partial charge < -0.3 is 28.4 Å². The Kier molecular flexibility index (Phi) is 14.8. The van der Waals surface area contributed by atoms with Gasteiger partial charge in [0.05, 0.1) is 38.1 Å². The van der Waals surface area contributed by atoms with Crippen molar-refractivity contribution in [2.75, 3.05) is 20.8 Å². The monoisotopic (exact) mass is 788 g/mol. The highest BCUT2D eigenvalue weighted by atomic mass is 28.4. The second kappa shape index (κ2) is 18.5. The lowest BCUT2D eigenvalue weighted by Gasteiger charge is -2.50. The number of hydrogen-bond donors (Lipinski definition) is 1. The number of carbonyl (C=O) groups is 1. The lowest BCUT2D eigenvalue weighted by Crippen LogP contribution is -2.62. The number of benzene rings is 2. The third kappa shape index (κ3) is 11.6.